The standard InChI is InChI=1S/C25H24N2O8/c1-5-33-25(29)16-11-14-7-6-8-17(22(14)26-16)34-21-10-9-18(35-21)24(28)27-23-19(31-3)12-15(30-2)13-20(23)32-4/h6-13,26H,5H2,1-4H3,(H,27,28). The van der Waals surface area contributed by atoms with Gasteiger partial charge in [0.05, 0.1) is 33.5 Å². The van der Waals surface area contributed by atoms with Crippen molar-refractivity contribution in [3.63, 3.8) is 0 Å². The Morgan fingerprint density at radius 1 is 0.943 bits per heavy atom. The van der Waals surface area contributed by atoms with Crippen molar-refractivity contribution in [2.24, 2.45) is 0 Å². The van der Waals surface area contributed by atoms with Crippen LogP contribution in [0.2, 0.25) is 0 Å². The largest absolute Gasteiger partial charge is 0.496 e. The quantitative estimate of drug-likeness (QED) is 0.321. The highest BCUT2D eigenvalue weighted by atomic mass is 16.6. The molecule has 0 aliphatic carbocycles. The highest BCUT2D eigenvalue weighted by Gasteiger charge is 2.20. The van der Waals surface area contributed by atoms with E-state index in [0.29, 0.717) is 39.9 Å². The fraction of sp³-hybridized carbons (Fsp3) is 0.200. The fourth-order valence-corrected chi connectivity index (χ4v) is 3.44. The summed E-state index contributed by atoms with van der Waals surface area (Å²) < 4.78 is 32.4. The van der Waals surface area contributed by atoms with Crippen LogP contribution in [0.5, 0.6) is 28.9 Å². The van der Waals surface area contributed by atoms with E-state index in [0.717, 1.165) is 5.39 Å². The number of H-pyrrole nitrogens is 1. The summed E-state index contributed by atoms with van der Waals surface area (Å²) in [6, 6.07) is 13.2. The Labute approximate surface area is 200 Å². The molecule has 10 nitrogen and oxygen atoms in total. The molecule has 2 N–H and O–H groups in total. The SMILES string of the molecule is CCOC(=O)c1cc2cccc(Oc3ccc(C(=O)Nc4c(OC)cc(OC)cc4OC)o3)c2[nH]1. The summed E-state index contributed by atoms with van der Waals surface area (Å²) in [6.45, 7) is 2.00. The van der Waals surface area contributed by atoms with Gasteiger partial charge in [-0.25, -0.2) is 4.79 Å². The minimum Gasteiger partial charge on any atom is -0.496 e. The molecule has 0 atom stereocenters. The number of aromatic amines is 1. The molecule has 1 amide bonds. The van der Waals surface area contributed by atoms with Crippen molar-refractivity contribution >= 4 is 28.5 Å². The van der Waals surface area contributed by atoms with E-state index in [1.807, 2.05) is 6.07 Å². The number of benzene rings is 2. The van der Waals surface area contributed by atoms with Gasteiger partial charge in [0.25, 0.3) is 11.9 Å². The van der Waals surface area contributed by atoms with Crippen LogP contribution < -0.4 is 24.3 Å². The van der Waals surface area contributed by atoms with Gasteiger partial charge in [0.15, 0.2) is 11.5 Å². The Morgan fingerprint density at radius 2 is 1.69 bits per heavy atom. The third-order valence-corrected chi connectivity index (χ3v) is 5.08. The average molecular weight is 480 g/mol. The van der Waals surface area contributed by atoms with Gasteiger partial charge in [-0.2, -0.15) is 0 Å². The lowest BCUT2D eigenvalue weighted by Crippen LogP contribution is -2.13. The van der Waals surface area contributed by atoms with Crippen LogP contribution in [0.4, 0.5) is 5.69 Å². The lowest BCUT2D eigenvalue weighted by molar-refractivity contribution is 0.0520. The number of para-hydroxylation sites is 1. The van der Waals surface area contributed by atoms with E-state index in [9.17, 15) is 9.59 Å². The molecule has 0 saturated carbocycles. The number of amides is 1. The number of esters is 1. The molecule has 2 aromatic carbocycles. The van der Waals surface area contributed by atoms with Crippen molar-refractivity contribution < 1.29 is 37.7 Å². The number of aromatic nitrogens is 1. The van der Waals surface area contributed by atoms with Crippen molar-refractivity contribution in [1.82, 2.24) is 4.98 Å². The molecule has 35 heavy (non-hydrogen) atoms. The van der Waals surface area contributed by atoms with Crippen LogP contribution in [0, 0.1) is 0 Å². The van der Waals surface area contributed by atoms with E-state index in [4.69, 9.17) is 28.1 Å². The zero-order valence-electron chi connectivity index (χ0n) is 19.6. The summed E-state index contributed by atoms with van der Waals surface area (Å²) in [5.74, 6) is 0.726. The summed E-state index contributed by atoms with van der Waals surface area (Å²) in [4.78, 5) is 27.9. The summed E-state index contributed by atoms with van der Waals surface area (Å²) in [7, 11) is 4.46. The number of nitrogens with one attached hydrogen (secondary N) is 2. The number of anilines is 1. The molecule has 0 unspecified atom stereocenters. The number of carbonyl (C=O) groups is 2. The minimum absolute atomic E-state index is 0.00537. The first-order valence-electron chi connectivity index (χ1n) is 10.6. The molecule has 4 rings (SSSR count). The van der Waals surface area contributed by atoms with Crippen molar-refractivity contribution in [3.05, 3.63) is 60.0 Å². The molecular formula is C25H24N2O8. The van der Waals surface area contributed by atoms with Gasteiger partial charge < -0.3 is 38.4 Å². The molecular weight excluding hydrogens is 456 g/mol. The highest BCUT2D eigenvalue weighted by molar-refractivity contribution is 6.04. The Kier molecular flexibility index (Phi) is 6.81. The van der Waals surface area contributed by atoms with Crippen LogP contribution in [0.1, 0.15) is 28.0 Å². The number of carbonyl (C=O) groups excluding carboxylic acids is 2. The first-order valence-corrected chi connectivity index (χ1v) is 10.6. The molecule has 0 saturated heterocycles. The Hall–Kier alpha value is -4.60. The molecule has 0 radical (unpaired) electrons. The second-order valence-electron chi connectivity index (χ2n) is 7.21. The van der Waals surface area contributed by atoms with E-state index < -0.39 is 11.9 Å². The average Bonchev–Trinajstić information content (AvgIpc) is 3.52. The zero-order chi connectivity index (χ0) is 24.9. The number of rotatable bonds is 9. The van der Waals surface area contributed by atoms with Crippen molar-refractivity contribution in [2.75, 3.05) is 33.3 Å². The van der Waals surface area contributed by atoms with Crippen molar-refractivity contribution in [1.29, 1.82) is 0 Å². The van der Waals surface area contributed by atoms with Crippen LogP contribution in [-0.2, 0) is 4.74 Å². The summed E-state index contributed by atoms with van der Waals surface area (Å²) in [6.07, 6.45) is 0. The Balaban J connectivity index is 1.55. The maximum atomic E-state index is 12.9. The van der Waals surface area contributed by atoms with Gasteiger partial charge in [0.1, 0.15) is 28.6 Å². The van der Waals surface area contributed by atoms with Gasteiger partial charge in [0, 0.05) is 23.6 Å². The molecule has 0 fully saturated rings. The molecule has 4 aromatic rings. The predicted octanol–water partition coefficient (Wildman–Crippen LogP) is 5.01. The van der Waals surface area contributed by atoms with E-state index in [2.05, 4.69) is 10.3 Å². The minimum atomic E-state index is -0.538. The van der Waals surface area contributed by atoms with Gasteiger partial charge in [0.2, 0.25) is 0 Å². The summed E-state index contributed by atoms with van der Waals surface area (Å²) in [5, 5.41) is 3.49. The maximum absolute atomic E-state index is 12.9. The molecule has 2 heterocycles. The van der Waals surface area contributed by atoms with Crippen LogP contribution in [0.3, 0.4) is 0 Å². The van der Waals surface area contributed by atoms with E-state index in [1.165, 1.54) is 33.5 Å². The first kappa shape index (κ1) is 23.6. The van der Waals surface area contributed by atoms with E-state index in [1.54, 1.807) is 37.3 Å². The fourth-order valence-electron chi connectivity index (χ4n) is 3.44. The topological polar surface area (TPSA) is 121 Å². The van der Waals surface area contributed by atoms with Gasteiger partial charge in [-0.05, 0) is 25.1 Å². The van der Waals surface area contributed by atoms with Gasteiger partial charge >= 0.3 is 5.97 Å². The number of hydrogen-bond donors (Lipinski definition) is 2. The van der Waals surface area contributed by atoms with E-state index >= 15 is 0 Å². The Morgan fingerprint density at radius 3 is 2.34 bits per heavy atom. The zero-order valence-corrected chi connectivity index (χ0v) is 19.6. The highest BCUT2D eigenvalue weighted by Crippen LogP contribution is 2.39. The lowest BCUT2D eigenvalue weighted by atomic mass is 10.2. The lowest BCUT2D eigenvalue weighted by Gasteiger charge is -2.15. The van der Waals surface area contributed by atoms with Crippen molar-refractivity contribution in [2.45, 2.75) is 6.92 Å². The first-order chi connectivity index (χ1) is 17.0. The second kappa shape index (κ2) is 10.1. The third-order valence-electron chi connectivity index (χ3n) is 5.08. The number of fused-ring (bicyclic) bond motifs is 1. The molecule has 0 aliphatic heterocycles. The number of methoxy groups -OCH3 is 3. The number of hydrogen-bond acceptors (Lipinski definition) is 8. The Bertz CT molecular complexity index is 1350. The van der Waals surface area contributed by atoms with Crippen LogP contribution >= 0.6 is 0 Å². The van der Waals surface area contributed by atoms with Gasteiger partial charge in [-0.15, -0.1) is 0 Å². The van der Waals surface area contributed by atoms with Gasteiger partial charge in [-0.3, -0.25) is 4.79 Å². The predicted molar refractivity (Wildman–Crippen MR) is 127 cm³/mol. The molecule has 0 spiro atoms. The van der Waals surface area contributed by atoms with Crippen molar-refractivity contribution in [3.8, 4) is 28.9 Å². The summed E-state index contributed by atoms with van der Waals surface area (Å²) >= 11 is 0. The molecule has 0 aliphatic rings. The third kappa shape index (κ3) is 4.86. The molecule has 10 heteroatoms. The van der Waals surface area contributed by atoms with Crippen LogP contribution in [0.15, 0.2) is 52.9 Å². The smallest absolute Gasteiger partial charge is 0.354 e. The number of furan rings is 1. The molecule has 0 bridgehead atoms. The normalized spacial score (nSPS) is 10.6. The maximum Gasteiger partial charge on any atom is 0.354 e. The van der Waals surface area contributed by atoms with Crippen LogP contribution in [-0.4, -0.2) is 44.8 Å². The van der Waals surface area contributed by atoms with Gasteiger partial charge in [-0.1, -0.05) is 12.1 Å². The number of ether oxygens (including phenoxy) is 5. The van der Waals surface area contributed by atoms with Crippen LogP contribution in [0.25, 0.3) is 10.9 Å². The summed E-state index contributed by atoms with van der Waals surface area (Å²) in [5.41, 5.74) is 1.22. The molecule has 2 aromatic heterocycles. The monoisotopic (exact) mass is 480 g/mol. The second-order valence-corrected chi connectivity index (χ2v) is 7.21. The molecule has 182 valence electrons. The van der Waals surface area contributed by atoms with E-state index in [-0.39, 0.29) is 18.3 Å².